The largest absolute Gasteiger partial charge is 0.382 e. The van der Waals surface area contributed by atoms with Crippen molar-refractivity contribution in [2.24, 2.45) is 0 Å². The first-order chi connectivity index (χ1) is 10.2. The zero-order valence-electron chi connectivity index (χ0n) is 11.5. The highest BCUT2D eigenvalue weighted by atomic mass is 79.9. The van der Waals surface area contributed by atoms with E-state index in [4.69, 9.17) is 5.73 Å². The minimum absolute atomic E-state index is 0.420. The summed E-state index contributed by atoms with van der Waals surface area (Å²) in [7, 11) is 0. The normalized spacial score (nSPS) is 11.1. The van der Waals surface area contributed by atoms with E-state index in [9.17, 15) is 0 Å². The Kier molecular flexibility index (Phi) is 4.12. The predicted octanol–water partition coefficient (Wildman–Crippen LogP) is 3.33. The fourth-order valence-corrected chi connectivity index (χ4v) is 3.12. The molecule has 0 saturated heterocycles. The number of halogens is 1. The van der Waals surface area contributed by atoms with Crippen LogP contribution in [0.5, 0.6) is 0 Å². The molecule has 5 nitrogen and oxygen atoms in total. The van der Waals surface area contributed by atoms with E-state index in [1.54, 1.807) is 11.8 Å². The van der Waals surface area contributed by atoms with Gasteiger partial charge in [0.25, 0.3) is 0 Å². The molecule has 0 aliphatic rings. The molecule has 0 radical (unpaired) electrons. The molecule has 3 aromatic rings. The van der Waals surface area contributed by atoms with Crippen molar-refractivity contribution in [2.45, 2.75) is 18.6 Å². The molecule has 7 heteroatoms. The summed E-state index contributed by atoms with van der Waals surface area (Å²) in [4.78, 5) is 13.3. The first kappa shape index (κ1) is 14.3. The third kappa shape index (κ3) is 2.89. The minimum atomic E-state index is 0.420. The zero-order valence-corrected chi connectivity index (χ0v) is 13.9. The van der Waals surface area contributed by atoms with Gasteiger partial charge in [0.05, 0.1) is 6.54 Å². The Morgan fingerprint density at radius 3 is 2.67 bits per heavy atom. The fraction of sp³-hybridized carbons (Fsp3) is 0.214. The fourth-order valence-electron chi connectivity index (χ4n) is 2.07. The maximum atomic E-state index is 6.00. The Labute approximate surface area is 135 Å². The molecule has 2 aromatic heterocycles. The van der Waals surface area contributed by atoms with Gasteiger partial charge in [-0.15, -0.1) is 0 Å². The maximum absolute atomic E-state index is 6.00. The minimum Gasteiger partial charge on any atom is -0.382 e. The van der Waals surface area contributed by atoms with Crippen LogP contribution in [0.1, 0.15) is 12.5 Å². The quantitative estimate of drug-likeness (QED) is 0.437. The Bertz CT molecular complexity index is 772. The highest BCUT2D eigenvalue weighted by Crippen LogP contribution is 2.26. The summed E-state index contributed by atoms with van der Waals surface area (Å²) >= 11 is 5.06. The number of hydrogen-bond acceptors (Lipinski definition) is 5. The molecule has 21 heavy (non-hydrogen) atoms. The summed E-state index contributed by atoms with van der Waals surface area (Å²) in [6.45, 7) is 2.75. The molecule has 2 heterocycles. The van der Waals surface area contributed by atoms with Crippen molar-refractivity contribution in [1.29, 1.82) is 0 Å². The van der Waals surface area contributed by atoms with Crippen molar-refractivity contribution in [3.63, 3.8) is 0 Å². The number of benzene rings is 1. The van der Waals surface area contributed by atoms with E-state index in [0.717, 1.165) is 11.4 Å². The van der Waals surface area contributed by atoms with Gasteiger partial charge >= 0.3 is 0 Å². The van der Waals surface area contributed by atoms with E-state index in [2.05, 4.69) is 49.9 Å². The Morgan fingerprint density at radius 2 is 1.95 bits per heavy atom. The van der Waals surface area contributed by atoms with Crippen LogP contribution in [0.15, 0.2) is 40.2 Å². The molecule has 0 saturated carbocycles. The van der Waals surface area contributed by atoms with Gasteiger partial charge in [-0.05, 0) is 27.2 Å². The second-order valence-corrected chi connectivity index (χ2v) is 6.39. The average molecular weight is 364 g/mol. The average Bonchev–Trinajstić information content (AvgIpc) is 2.78. The molecule has 0 atom stereocenters. The van der Waals surface area contributed by atoms with Crippen molar-refractivity contribution >= 4 is 44.7 Å². The number of imidazole rings is 1. The third-order valence-corrected chi connectivity index (χ3v) is 4.35. The van der Waals surface area contributed by atoms with E-state index in [1.807, 2.05) is 22.8 Å². The second kappa shape index (κ2) is 6.03. The number of rotatable bonds is 4. The maximum Gasteiger partial charge on any atom is 0.191 e. The standard InChI is InChI=1S/C14H14BrN5S/c1-2-21-14-18-11(16)10-12(19-14)20(13(15)17-10)8-9-6-4-3-5-7-9/h3-7H,2,8H2,1H3,(H2,16,18,19). The van der Waals surface area contributed by atoms with Gasteiger partial charge in [0.15, 0.2) is 26.9 Å². The van der Waals surface area contributed by atoms with Crippen molar-refractivity contribution < 1.29 is 0 Å². The van der Waals surface area contributed by atoms with Gasteiger partial charge in [0.2, 0.25) is 0 Å². The molecule has 0 spiro atoms. The van der Waals surface area contributed by atoms with Crippen LogP contribution in [-0.2, 0) is 6.54 Å². The lowest BCUT2D eigenvalue weighted by Gasteiger charge is -2.06. The lowest BCUT2D eigenvalue weighted by atomic mass is 10.2. The van der Waals surface area contributed by atoms with Crippen LogP contribution < -0.4 is 5.73 Å². The van der Waals surface area contributed by atoms with Gasteiger partial charge in [-0.1, -0.05) is 49.0 Å². The van der Waals surface area contributed by atoms with E-state index in [0.29, 0.717) is 27.8 Å². The second-order valence-electron chi connectivity index (χ2n) is 4.45. The van der Waals surface area contributed by atoms with E-state index in [-0.39, 0.29) is 0 Å². The molecular weight excluding hydrogens is 350 g/mol. The number of thioether (sulfide) groups is 1. The zero-order chi connectivity index (χ0) is 14.8. The lowest BCUT2D eigenvalue weighted by Crippen LogP contribution is -2.03. The van der Waals surface area contributed by atoms with Crippen molar-refractivity contribution in [3.05, 3.63) is 40.6 Å². The van der Waals surface area contributed by atoms with E-state index >= 15 is 0 Å². The molecule has 0 amide bonds. The molecule has 3 rings (SSSR count). The molecule has 0 unspecified atom stereocenters. The number of nitrogens with zero attached hydrogens (tertiary/aromatic N) is 4. The SMILES string of the molecule is CCSc1nc(N)c2nc(Br)n(Cc3ccccc3)c2n1. The van der Waals surface area contributed by atoms with Crippen LogP contribution in [0.25, 0.3) is 11.2 Å². The van der Waals surface area contributed by atoms with Crippen molar-refractivity contribution in [2.75, 3.05) is 11.5 Å². The van der Waals surface area contributed by atoms with Crippen LogP contribution >= 0.6 is 27.7 Å². The smallest absolute Gasteiger partial charge is 0.191 e. The Morgan fingerprint density at radius 1 is 1.19 bits per heavy atom. The van der Waals surface area contributed by atoms with Crippen LogP contribution in [0.2, 0.25) is 0 Å². The van der Waals surface area contributed by atoms with E-state index < -0.39 is 0 Å². The Balaban J connectivity index is 2.10. The molecule has 2 N–H and O–H groups in total. The number of aromatic nitrogens is 4. The van der Waals surface area contributed by atoms with Gasteiger partial charge < -0.3 is 5.73 Å². The number of hydrogen-bond donors (Lipinski definition) is 1. The molecule has 0 aliphatic heterocycles. The van der Waals surface area contributed by atoms with Crippen molar-refractivity contribution in [3.8, 4) is 0 Å². The summed E-state index contributed by atoms with van der Waals surface area (Å²) < 4.78 is 2.71. The predicted molar refractivity (Wildman–Crippen MR) is 89.4 cm³/mol. The van der Waals surface area contributed by atoms with Crippen LogP contribution in [0, 0.1) is 0 Å². The summed E-state index contributed by atoms with van der Waals surface area (Å²) in [6.07, 6.45) is 0. The van der Waals surface area contributed by atoms with Crippen LogP contribution in [-0.4, -0.2) is 25.3 Å². The molecule has 108 valence electrons. The molecule has 1 aromatic carbocycles. The van der Waals surface area contributed by atoms with Crippen LogP contribution in [0.4, 0.5) is 5.82 Å². The highest BCUT2D eigenvalue weighted by Gasteiger charge is 2.15. The molecule has 0 bridgehead atoms. The monoisotopic (exact) mass is 363 g/mol. The van der Waals surface area contributed by atoms with Gasteiger partial charge in [-0.2, -0.15) is 0 Å². The highest BCUT2D eigenvalue weighted by molar-refractivity contribution is 9.10. The summed E-state index contributed by atoms with van der Waals surface area (Å²) in [5.41, 5.74) is 8.58. The molecule has 0 fully saturated rings. The summed E-state index contributed by atoms with van der Waals surface area (Å²) in [6, 6.07) is 10.2. The van der Waals surface area contributed by atoms with Gasteiger partial charge in [0.1, 0.15) is 0 Å². The van der Waals surface area contributed by atoms with Crippen LogP contribution in [0.3, 0.4) is 0 Å². The first-order valence-corrected chi connectivity index (χ1v) is 8.33. The number of nitrogen functional groups attached to an aromatic ring is 1. The van der Waals surface area contributed by atoms with Gasteiger partial charge in [0, 0.05) is 0 Å². The van der Waals surface area contributed by atoms with E-state index in [1.165, 1.54) is 5.56 Å². The summed E-state index contributed by atoms with van der Waals surface area (Å²) in [5, 5.41) is 0.684. The van der Waals surface area contributed by atoms with Crippen molar-refractivity contribution in [1.82, 2.24) is 19.5 Å². The third-order valence-electron chi connectivity index (χ3n) is 3.01. The van der Waals surface area contributed by atoms with Gasteiger partial charge in [-0.3, -0.25) is 4.57 Å². The lowest BCUT2D eigenvalue weighted by molar-refractivity contribution is 0.783. The first-order valence-electron chi connectivity index (χ1n) is 6.55. The van der Waals surface area contributed by atoms with Gasteiger partial charge in [-0.25, -0.2) is 15.0 Å². The number of anilines is 1. The number of fused-ring (bicyclic) bond motifs is 1. The summed E-state index contributed by atoms with van der Waals surface area (Å²) in [5.74, 6) is 1.32. The molecular formula is C14H14BrN5S. The topological polar surface area (TPSA) is 69.6 Å². The number of nitrogens with two attached hydrogens (primary N) is 1. The Hall–Kier alpha value is -1.60. The molecule has 0 aliphatic carbocycles.